The summed E-state index contributed by atoms with van der Waals surface area (Å²) in [4.78, 5) is 4.22. The Morgan fingerprint density at radius 1 is 0.862 bits per heavy atom. The van der Waals surface area contributed by atoms with Gasteiger partial charge in [0.05, 0.1) is 5.56 Å². The molecule has 29 heavy (non-hydrogen) atoms. The number of rotatable bonds is 6. The van der Waals surface area contributed by atoms with E-state index < -0.39 is 23.4 Å². The molecule has 2 N–H and O–H groups in total. The molecule has 0 radical (unpaired) electrons. The fourth-order valence-electron chi connectivity index (χ4n) is 3.29. The number of hydrogen-bond donors (Lipinski definition) is 1. The summed E-state index contributed by atoms with van der Waals surface area (Å²) in [6.07, 6.45) is -4.48. The van der Waals surface area contributed by atoms with Crippen LogP contribution in [0.15, 0.2) is 36.4 Å². The molecule has 0 saturated carbocycles. The molecule has 0 atom stereocenters. The summed E-state index contributed by atoms with van der Waals surface area (Å²) in [7, 11) is 0. The van der Waals surface area contributed by atoms with Crippen molar-refractivity contribution >= 4 is 5.69 Å². The molecule has 1 heterocycles. The first-order valence-electron chi connectivity index (χ1n) is 9.19. The second kappa shape index (κ2) is 8.96. The number of nitrogens with two attached hydrogens (primary N) is 1. The van der Waals surface area contributed by atoms with E-state index in [1.807, 2.05) is 0 Å². The molecule has 2 aromatic carbocycles. The zero-order valence-corrected chi connectivity index (χ0v) is 15.7. The molecule has 0 bridgehead atoms. The first-order valence-corrected chi connectivity index (χ1v) is 9.19. The van der Waals surface area contributed by atoms with Crippen molar-refractivity contribution in [1.29, 1.82) is 0 Å². The molecule has 0 aromatic heterocycles. The van der Waals surface area contributed by atoms with Gasteiger partial charge in [-0.2, -0.15) is 13.2 Å². The summed E-state index contributed by atoms with van der Waals surface area (Å²) in [6, 6.07) is 6.67. The molecule has 3 rings (SSSR count). The van der Waals surface area contributed by atoms with E-state index in [0.717, 1.165) is 31.3 Å². The maximum atomic E-state index is 13.3. The lowest BCUT2D eigenvalue weighted by atomic mass is 10.2. The summed E-state index contributed by atoms with van der Waals surface area (Å²) >= 11 is 0. The standard InChI is InChI=1S/C20H22F5N3O/c21-16-7-14(8-17(22)11-16)13-28-3-1-27(2-4-28)5-6-29-19-10-15(20(23,24)25)9-18(26)12-19/h7-12H,1-6,13,26H2. The van der Waals surface area contributed by atoms with Crippen molar-refractivity contribution in [1.82, 2.24) is 9.80 Å². The SMILES string of the molecule is Nc1cc(OCCN2CCN(Cc3cc(F)cc(F)c3)CC2)cc(C(F)(F)F)c1. The van der Waals surface area contributed by atoms with Crippen LogP contribution in [0.5, 0.6) is 5.75 Å². The molecule has 1 aliphatic heterocycles. The minimum Gasteiger partial charge on any atom is -0.492 e. The second-order valence-corrected chi connectivity index (χ2v) is 7.03. The summed E-state index contributed by atoms with van der Waals surface area (Å²) < 4.78 is 70.5. The van der Waals surface area contributed by atoms with Gasteiger partial charge in [0.15, 0.2) is 0 Å². The van der Waals surface area contributed by atoms with Gasteiger partial charge < -0.3 is 10.5 Å². The summed E-state index contributed by atoms with van der Waals surface area (Å²) in [6.45, 7) is 4.14. The van der Waals surface area contributed by atoms with Crippen LogP contribution in [0, 0.1) is 11.6 Å². The first kappa shape index (κ1) is 21.3. The van der Waals surface area contributed by atoms with Crippen molar-refractivity contribution in [3.8, 4) is 5.75 Å². The van der Waals surface area contributed by atoms with E-state index in [4.69, 9.17) is 10.5 Å². The summed E-state index contributed by atoms with van der Waals surface area (Å²) in [5.74, 6) is -1.10. The number of hydrogen-bond acceptors (Lipinski definition) is 4. The lowest BCUT2D eigenvalue weighted by Crippen LogP contribution is -2.47. The molecule has 0 aliphatic carbocycles. The van der Waals surface area contributed by atoms with Gasteiger partial charge >= 0.3 is 6.18 Å². The van der Waals surface area contributed by atoms with Gasteiger partial charge in [-0.1, -0.05) is 0 Å². The van der Waals surface area contributed by atoms with Crippen LogP contribution in [-0.2, 0) is 12.7 Å². The van der Waals surface area contributed by atoms with Crippen LogP contribution in [0.1, 0.15) is 11.1 Å². The average Bonchev–Trinajstić information content (AvgIpc) is 2.61. The van der Waals surface area contributed by atoms with Crippen LogP contribution in [0.3, 0.4) is 0 Å². The molecule has 1 saturated heterocycles. The monoisotopic (exact) mass is 415 g/mol. The Morgan fingerprint density at radius 2 is 1.48 bits per heavy atom. The normalized spacial score (nSPS) is 16.2. The Kier molecular flexibility index (Phi) is 6.59. The van der Waals surface area contributed by atoms with Gasteiger partial charge in [0.2, 0.25) is 0 Å². The van der Waals surface area contributed by atoms with E-state index in [1.54, 1.807) is 0 Å². The smallest absolute Gasteiger partial charge is 0.416 e. The van der Waals surface area contributed by atoms with Crippen molar-refractivity contribution < 1.29 is 26.7 Å². The Labute approximate surface area is 165 Å². The topological polar surface area (TPSA) is 41.7 Å². The van der Waals surface area contributed by atoms with Crippen molar-refractivity contribution in [3.63, 3.8) is 0 Å². The molecule has 158 valence electrons. The maximum Gasteiger partial charge on any atom is 0.416 e. The third kappa shape index (κ3) is 6.30. The highest BCUT2D eigenvalue weighted by Gasteiger charge is 2.31. The lowest BCUT2D eigenvalue weighted by molar-refractivity contribution is -0.137. The van der Waals surface area contributed by atoms with Crippen molar-refractivity contribution in [2.45, 2.75) is 12.7 Å². The highest BCUT2D eigenvalue weighted by Crippen LogP contribution is 2.33. The molecule has 4 nitrogen and oxygen atoms in total. The highest BCUT2D eigenvalue weighted by molar-refractivity contribution is 5.48. The van der Waals surface area contributed by atoms with Gasteiger partial charge in [0.1, 0.15) is 24.0 Å². The van der Waals surface area contributed by atoms with E-state index in [9.17, 15) is 22.0 Å². The quantitative estimate of drug-likeness (QED) is 0.576. The molecule has 0 spiro atoms. The van der Waals surface area contributed by atoms with E-state index in [0.29, 0.717) is 31.7 Å². The maximum absolute atomic E-state index is 13.3. The van der Waals surface area contributed by atoms with Crippen molar-refractivity contribution in [3.05, 3.63) is 59.2 Å². The third-order valence-electron chi connectivity index (χ3n) is 4.73. The number of nitrogen functional groups attached to an aromatic ring is 1. The van der Waals surface area contributed by atoms with Gasteiger partial charge in [-0.05, 0) is 29.8 Å². The van der Waals surface area contributed by atoms with Crippen molar-refractivity contribution in [2.75, 3.05) is 45.1 Å². The fraction of sp³-hybridized carbons (Fsp3) is 0.400. The summed E-state index contributed by atoms with van der Waals surface area (Å²) in [5, 5.41) is 0. The van der Waals surface area contributed by atoms with Crippen LogP contribution in [-0.4, -0.2) is 49.1 Å². The first-order chi connectivity index (χ1) is 13.7. The Morgan fingerprint density at radius 3 is 2.10 bits per heavy atom. The van der Waals surface area contributed by atoms with Gasteiger partial charge in [0.25, 0.3) is 0 Å². The predicted molar refractivity (Wildman–Crippen MR) is 99.4 cm³/mol. The second-order valence-electron chi connectivity index (χ2n) is 7.03. The number of benzene rings is 2. The van der Waals surface area contributed by atoms with Gasteiger partial charge in [-0.15, -0.1) is 0 Å². The van der Waals surface area contributed by atoms with Gasteiger partial charge in [0, 0.05) is 57.1 Å². The van der Waals surface area contributed by atoms with Crippen LogP contribution < -0.4 is 10.5 Å². The molecule has 2 aromatic rings. The predicted octanol–water partition coefficient (Wildman–Crippen LogP) is 3.76. The molecule has 1 fully saturated rings. The largest absolute Gasteiger partial charge is 0.492 e. The summed E-state index contributed by atoms with van der Waals surface area (Å²) in [5.41, 5.74) is 5.27. The number of ether oxygens (including phenoxy) is 1. The molecule has 0 amide bonds. The van der Waals surface area contributed by atoms with Crippen molar-refractivity contribution in [2.24, 2.45) is 0 Å². The lowest BCUT2D eigenvalue weighted by Gasteiger charge is -2.34. The molecule has 1 aliphatic rings. The number of anilines is 1. The zero-order valence-electron chi connectivity index (χ0n) is 15.7. The van der Waals surface area contributed by atoms with Crippen LogP contribution in [0.25, 0.3) is 0 Å². The van der Waals surface area contributed by atoms with E-state index >= 15 is 0 Å². The van der Waals surface area contributed by atoms with E-state index in [-0.39, 0.29) is 18.0 Å². The van der Waals surface area contributed by atoms with Crippen LogP contribution in [0.4, 0.5) is 27.6 Å². The van der Waals surface area contributed by atoms with Crippen LogP contribution in [0.2, 0.25) is 0 Å². The molecular weight excluding hydrogens is 393 g/mol. The third-order valence-corrected chi connectivity index (χ3v) is 4.73. The number of alkyl halides is 3. The van der Waals surface area contributed by atoms with E-state index in [2.05, 4.69) is 9.80 Å². The minimum atomic E-state index is -4.48. The average molecular weight is 415 g/mol. The number of halogens is 5. The number of nitrogens with zero attached hydrogens (tertiary/aromatic N) is 2. The fourth-order valence-corrected chi connectivity index (χ4v) is 3.29. The minimum absolute atomic E-state index is 0.00257. The van der Waals surface area contributed by atoms with Gasteiger partial charge in [-0.25, -0.2) is 8.78 Å². The molecule has 0 unspecified atom stereocenters. The molecule has 9 heteroatoms. The number of piperazine rings is 1. The molecular formula is C20H22F5N3O. The van der Waals surface area contributed by atoms with Crippen LogP contribution >= 0.6 is 0 Å². The zero-order chi connectivity index (χ0) is 21.0. The Hall–Kier alpha value is -2.39. The highest BCUT2D eigenvalue weighted by atomic mass is 19.4. The Balaban J connectivity index is 1.44. The Bertz CT molecular complexity index is 815. The van der Waals surface area contributed by atoms with Gasteiger partial charge in [-0.3, -0.25) is 9.80 Å². The van der Waals surface area contributed by atoms with E-state index in [1.165, 1.54) is 18.2 Å².